The van der Waals surface area contributed by atoms with Gasteiger partial charge < -0.3 is 10.1 Å². The number of carbonyl (C=O) groups excluding carboxylic acids is 1. The summed E-state index contributed by atoms with van der Waals surface area (Å²) in [6.07, 6.45) is 1.63. The van der Waals surface area contributed by atoms with Crippen LogP contribution in [-0.4, -0.2) is 68.9 Å². The van der Waals surface area contributed by atoms with E-state index in [9.17, 15) is 13.2 Å². The molecular weight excluding hydrogens is 354 g/mol. The minimum atomic E-state index is -3.54. The summed E-state index contributed by atoms with van der Waals surface area (Å²) in [5, 5.41) is 2.77. The molecule has 7 nitrogen and oxygen atoms in total. The lowest BCUT2D eigenvalue weighted by molar-refractivity contribution is -0.126. The van der Waals surface area contributed by atoms with Crippen molar-refractivity contribution < 1.29 is 17.9 Å². The fourth-order valence-electron chi connectivity index (χ4n) is 2.84. The Morgan fingerprint density at radius 1 is 1.27 bits per heavy atom. The summed E-state index contributed by atoms with van der Waals surface area (Å²) in [7, 11) is -3.54. The molecule has 0 bridgehead atoms. The van der Waals surface area contributed by atoms with Gasteiger partial charge in [0.1, 0.15) is 5.75 Å². The minimum Gasteiger partial charge on any atom is -0.494 e. The lowest BCUT2D eigenvalue weighted by Gasteiger charge is -2.36. The molecule has 0 spiro atoms. The molecule has 0 saturated carbocycles. The standard InChI is InChI=1S/C18H27N3O4S/c1-4-10-19-18(22)15(3)20-11-13-21(14-12-20)26(23,24)17-8-6-16(7-9-17)25-5-2/h4,6-9,15H,1,5,10-14H2,2-3H3,(H,19,22)/t15-/m1/s1. The molecule has 2 rings (SSSR count). The first-order valence-corrected chi connectivity index (χ1v) is 10.2. The third-order valence-corrected chi connectivity index (χ3v) is 6.31. The Bertz CT molecular complexity index is 710. The molecule has 1 aliphatic heterocycles. The second kappa shape index (κ2) is 9.16. The lowest BCUT2D eigenvalue weighted by Crippen LogP contribution is -2.54. The number of hydrogen-bond acceptors (Lipinski definition) is 5. The zero-order chi connectivity index (χ0) is 19.2. The second-order valence-electron chi connectivity index (χ2n) is 6.05. The van der Waals surface area contributed by atoms with E-state index >= 15 is 0 Å². The van der Waals surface area contributed by atoms with Gasteiger partial charge in [-0.15, -0.1) is 6.58 Å². The first kappa shape index (κ1) is 20.4. The number of nitrogens with one attached hydrogen (secondary N) is 1. The summed E-state index contributed by atoms with van der Waals surface area (Å²) in [6.45, 7) is 9.98. The van der Waals surface area contributed by atoms with Crippen molar-refractivity contribution in [1.82, 2.24) is 14.5 Å². The van der Waals surface area contributed by atoms with E-state index in [1.165, 1.54) is 4.31 Å². The SMILES string of the molecule is C=CCNC(=O)[C@@H](C)N1CCN(S(=O)(=O)c2ccc(OCC)cc2)CC1. The molecular formula is C18H27N3O4S. The summed E-state index contributed by atoms with van der Waals surface area (Å²) < 4.78 is 32.4. The average molecular weight is 381 g/mol. The van der Waals surface area contributed by atoms with Crippen LogP contribution in [-0.2, 0) is 14.8 Å². The van der Waals surface area contributed by atoms with E-state index in [4.69, 9.17) is 4.74 Å². The van der Waals surface area contributed by atoms with Gasteiger partial charge in [0.05, 0.1) is 17.5 Å². The van der Waals surface area contributed by atoms with E-state index in [1.807, 2.05) is 18.7 Å². The molecule has 8 heteroatoms. The van der Waals surface area contributed by atoms with Crippen LogP contribution >= 0.6 is 0 Å². The van der Waals surface area contributed by atoms with Crippen molar-refractivity contribution in [2.24, 2.45) is 0 Å². The molecule has 1 saturated heterocycles. The maximum Gasteiger partial charge on any atom is 0.243 e. The third-order valence-electron chi connectivity index (χ3n) is 4.39. The zero-order valence-electron chi connectivity index (χ0n) is 15.3. The highest BCUT2D eigenvalue weighted by Gasteiger charge is 2.31. The Morgan fingerprint density at radius 3 is 2.42 bits per heavy atom. The molecule has 1 N–H and O–H groups in total. The van der Waals surface area contributed by atoms with Gasteiger partial charge in [-0.2, -0.15) is 4.31 Å². The van der Waals surface area contributed by atoms with Gasteiger partial charge in [-0.25, -0.2) is 8.42 Å². The van der Waals surface area contributed by atoms with Crippen molar-refractivity contribution in [2.75, 3.05) is 39.3 Å². The zero-order valence-corrected chi connectivity index (χ0v) is 16.2. The molecule has 1 aromatic rings. The van der Waals surface area contributed by atoms with Crippen LogP contribution in [0.25, 0.3) is 0 Å². The van der Waals surface area contributed by atoms with E-state index in [0.717, 1.165) is 0 Å². The highest BCUT2D eigenvalue weighted by molar-refractivity contribution is 7.89. The van der Waals surface area contributed by atoms with Crippen LogP contribution in [0.2, 0.25) is 0 Å². The lowest BCUT2D eigenvalue weighted by atomic mass is 10.2. The Kier molecular flexibility index (Phi) is 7.19. The molecule has 1 aliphatic rings. The van der Waals surface area contributed by atoms with Crippen LogP contribution in [0.1, 0.15) is 13.8 Å². The van der Waals surface area contributed by atoms with Crippen molar-refractivity contribution in [2.45, 2.75) is 24.8 Å². The van der Waals surface area contributed by atoms with Gasteiger partial charge in [0.15, 0.2) is 0 Å². The largest absolute Gasteiger partial charge is 0.494 e. The van der Waals surface area contributed by atoms with Gasteiger partial charge in [0.25, 0.3) is 0 Å². The maximum atomic E-state index is 12.8. The van der Waals surface area contributed by atoms with Crippen LogP contribution in [0, 0.1) is 0 Å². The molecule has 0 unspecified atom stereocenters. The highest BCUT2D eigenvalue weighted by Crippen LogP contribution is 2.21. The number of hydrogen-bond donors (Lipinski definition) is 1. The summed E-state index contributed by atoms with van der Waals surface area (Å²) in [6, 6.07) is 6.17. The molecule has 1 aromatic carbocycles. The fraction of sp³-hybridized carbons (Fsp3) is 0.500. The molecule has 1 atom stereocenters. The summed E-state index contributed by atoms with van der Waals surface area (Å²) in [5.41, 5.74) is 0. The summed E-state index contributed by atoms with van der Waals surface area (Å²) >= 11 is 0. The number of carbonyl (C=O) groups is 1. The number of sulfonamides is 1. The molecule has 0 aliphatic carbocycles. The molecule has 1 amide bonds. The van der Waals surface area contributed by atoms with Gasteiger partial charge >= 0.3 is 0 Å². The van der Waals surface area contributed by atoms with E-state index in [-0.39, 0.29) is 16.8 Å². The van der Waals surface area contributed by atoms with Crippen molar-refractivity contribution >= 4 is 15.9 Å². The van der Waals surface area contributed by atoms with Crippen LogP contribution in [0.15, 0.2) is 41.8 Å². The number of piperazine rings is 1. The molecule has 26 heavy (non-hydrogen) atoms. The second-order valence-corrected chi connectivity index (χ2v) is 7.99. The quantitative estimate of drug-likeness (QED) is 0.682. The van der Waals surface area contributed by atoms with Crippen molar-refractivity contribution in [3.8, 4) is 5.75 Å². The van der Waals surface area contributed by atoms with E-state index in [0.29, 0.717) is 45.1 Å². The van der Waals surface area contributed by atoms with Crippen molar-refractivity contribution in [3.63, 3.8) is 0 Å². The smallest absolute Gasteiger partial charge is 0.243 e. The molecule has 0 aromatic heterocycles. The molecule has 0 radical (unpaired) electrons. The molecule has 144 valence electrons. The van der Waals surface area contributed by atoms with Crippen LogP contribution < -0.4 is 10.1 Å². The predicted octanol–water partition coefficient (Wildman–Crippen LogP) is 1.08. The van der Waals surface area contributed by atoms with Crippen molar-refractivity contribution in [1.29, 1.82) is 0 Å². The number of nitrogens with zero attached hydrogens (tertiary/aromatic N) is 2. The number of amides is 1. The topological polar surface area (TPSA) is 79.0 Å². The van der Waals surface area contributed by atoms with Crippen LogP contribution in [0.3, 0.4) is 0 Å². The van der Waals surface area contributed by atoms with Crippen LogP contribution in [0.5, 0.6) is 5.75 Å². The fourth-order valence-corrected chi connectivity index (χ4v) is 4.26. The number of benzene rings is 1. The predicted molar refractivity (Wildman–Crippen MR) is 101 cm³/mol. The Labute approximate surface area is 155 Å². The Hall–Kier alpha value is -1.90. The maximum absolute atomic E-state index is 12.8. The third kappa shape index (κ3) is 4.84. The van der Waals surface area contributed by atoms with Crippen LogP contribution in [0.4, 0.5) is 0 Å². The summed E-state index contributed by atoms with van der Waals surface area (Å²) in [4.78, 5) is 14.3. The van der Waals surface area contributed by atoms with Gasteiger partial charge in [0, 0.05) is 32.7 Å². The number of ether oxygens (including phenoxy) is 1. The monoisotopic (exact) mass is 381 g/mol. The normalized spacial score (nSPS) is 17.5. The van der Waals surface area contributed by atoms with Gasteiger partial charge in [-0.1, -0.05) is 6.08 Å². The van der Waals surface area contributed by atoms with Gasteiger partial charge in [-0.05, 0) is 38.1 Å². The Morgan fingerprint density at radius 2 is 1.88 bits per heavy atom. The van der Waals surface area contributed by atoms with E-state index in [2.05, 4.69) is 11.9 Å². The first-order valence-electron chi connectivity index (χ1n) is 8.75. The average Bonchev–Trinajstić information content (AvgIpc) is 2.66. The van der Waals surface area contributed by atoms with Crippen molar-refractivity contribution in [3.05, 3.63) is 36.9 Å². The van der Waals surface area contributed by atoms with Gasteiger partial charge in [0.2, 0.25) is 15.9 Å². The number of rotatable bonds is 8. The summed E-state index contributed by atoms with van der Waals surface area (Å²) in [5.74, 6) is 0.573. The first-order chi connectivity index (χ1) is 12.4. The Balaban J connectivity index is 1.97. The van der Waals surface area contributed by atoms with E-state index in [1.54, 1.807) is 30.3 Å². The van der Waals surface area contributed by atoms with E-state index < -0.39 is 10.0 Å². The molecule has 1 fully saturated rings. The highest BCUT2D eigenvalue weighted by atomic mass is 32.2. The van der Waals surface area contributed by atoms with Gasteiger partial charge in [-0.3, -0.25) is 9.69 Å². The molecule has 1 heterocycles. The minimum absolute atomic E-state index is 0.0762.